The Morgan fingerprint density at radius 1 is 1.05 bits per heavy atom. The highest BCUT2D eigenvalue weighted by molar-refractivity contribution is 7.92. The van der Waals surface area contributed by atoms with Crippen LogP contribution in [0.5, 0.6) is 0 Å². The first kappa shape index (κ1) is 15.8. The molecule has 1 rings (SSSR count). The normalized spacial score (nSPS) is 11.3. The number of sulfonamides is 1. The molecular weight excluding hydrogens is 260 g/mol. The van der Waals surface area contributed by atoms with Crippen LogP contribution in [-0.2, 0) is 10.0 Å². The molecule has 0 saturated carbocycles. The van der Waals surface area contributed by atoms with E-state index in [4.69, 9.17) is 0 Å². The first-order valence-electron chi connectivity index (χ1n) is 6.83. The maximum Gasteiger partial charge on any atom is 0.229 e. The molecule has 0 aliphatic heterocycles. The SMILES string of the molecule is CCCCCCCNc1cccc(NS(C)(=O)=O)c1. The monoisotopic (exact) mass is 284 g/mol. The van der Waals surface area contributed by atoms with E-state index in [0.29, 0.717) is 5.69 Å². The molecule has 1 aromatic rings. The molecule has 0 unspecified atom stereocenters. The molecule has 4 nitrogen and oxygen atoms in total. The quantitative estimate of drug-likeness (QED) is 0.683. The van der Waals surface area contributed by atoms with Crippen LogP contribution in [0.1, 0.15) is 39.0 Å². The lowest BCUT2D eigenvalue weighted by atomic mass is 10.1. The fourth-order valence-electron chi connectivity index (χ4n) is 1.87. The van der Waals surface area contributed by atoms with Crippen molar-refractivity contribution in [3.05, 3.63) is 24.3 Å². The summed E-state index contributed by atoms with van der Waals surface area (Å²) in [6.45, 7) is 3.13. The van der Waals surface area contributed by atoms with Crippen LogP contribution in [0.3, 0.4) is 0 Å². The number of unbranched alkanes of at least 4 members (excludes halogenated alkanes) is 4. The molecule has 0 bridgehead atoms. The summed E-state index contributed by atoms with van der Waals surface area (Å²) in [6, 6.07) is 7.34. The molecule has 0 aliphatic carbocycles. The Kier molecular flexibility index (Phi) is 6.70. The maximum absolute atomic E-state index is 11.1. The summed E-state index contributed by atoms with van der Waals surface area (Å²) >= 11 is 0. The van der Waals surface area contributed by atoms with Crippen molar-refractivity contribution in [2.45, 2.75) is 39.0 Å². The van der Waals surface area contributed by atoms with Gasteiger partial charge in [-0.25, -0.2) is 8.42 Å². The smallest absolute Gasteiger partial charge is 0.229 e. The average molecular weight is 284 g/mol. The second kappa shape index (κ2) is 8.04. The molecule has 0 atom stereocenters. The maximum atomic E-state index is 11.1. The molecule has 0 amide bonds. The Hall–Kier alpha value is -1.23. The minimum atomic E-state index is -3.21. The predicted octanol–water partition coefficient (Wildman–Crippen LogP) is 3.44. The van der Waals surface area contributed by atoms with Gasteiger partial charge in [0.05, 0.1) is 11.9 Å². The first-order chi connectivity index (χ1) is 9.01. The van der Waals surface area contributed by atoms with Crippen LogP contribution in [0.15, 0.2) is 24.3 Å². The van der Waals surface area contributed by atoms with Gasteiger partial charge < -0.3 is 5.32 Å². The predicted molar refractivity (Wildman–Crippen MR) is 82.2 cm³/mol. The zero-order valence-electron chi connectivity index (χ0n) is 11.8. The average Bonchev–Trinajstić information content (AvgIpc) is 2.32. The third kappa shape index (κ3) is 7.72. The standard InChI is InChI=1S/C14H24N2O2S/c1-3-4-5-6-7-11-15-13-9-8-10-14(12-13)16-19(2,17)18/h8-10,12,15-16H,3-7,11H2,1-2H3. The molecule has 0 aromatic heterocycles. The van der Waals surface area contributed by atoms with E-state index in [2.05, 4.69) is 17.0 Å². The Labute approximate surface area is 116 Å². The molecule has 0 heterocycles. The summed E-state index contributed by atoms with van der Waals surface area (Å²) < 4.78 is 24.8. The van der Waals surface area contributed by atoms with E-state index in [0.717, 1.165) is 24.9 Å². The topological polar surface area (TPSA) is 58.2 Å². The van der Waals surface area contributed by atoms with Gasteiger partial charge in [-0.15, -0.1) is 0 Å². The minimum Gasteiger partial charge on any atom is -0.385 e. The Morgan fingerprint density at radius 2 is 1.74 bits per heavy atom. The largest absolute Gasteiger partial charge is 0.385 e. The number of anilines is 2. The molecule has 2 N–H and O–H groups in total. The van der Waals surface area contributed by atoms with E-state index in [1.165, 1.54) is 25.7 Å². The molecule has 5 heteroatoms. The molecule has 0 aliphatic rings. The number of rotatable bonds is 9. The van der Waals surface area contributed by atoms with Crippen LogP contribution in [0.25, 0.3) is 0 Å². The van der Waals surface area contributed by atoms with E-state index >= 15 is 0 Å². The molecule has 1 aromatic carbocycles. The van der Waals surface area contributed by atoms with Gasteiger partial charge in [-0.3, -0.25) is 4.72 Å². The molecule has 0 radical (unpaired) electrons. The lowest BCUT2D eigenvalue weighted by Crippen LogP contribution is -2.10. The van der Waals surface area contributed by atoms with Gasteiger partial charge in [0, 0.05) is 12.2 Å². The summed E-state index contributed by atoms with van der Waals surface area (Å²) in [6.07, 6.45) is 7.38. The Balaban J connectivity index is 2.36. The van der Waals surface area contributed by atoms with Crippen molar-refractivity contribution in [2.24, 2.45) is 0 Å². The second-order valence-electron chi connectivity index (χ2n) is 4.80. The van der Waals surface area contributed by atoms with Crippen molar-refractivity contribution < 1.29 is 8.42 Å². The highest BCUT2D eigenvalue weighted by Gasteiger charge is 2.02. The Morgan fingerprint density at radius 3 is 2.42 bits per heavy atom. The first-order valence-corrected chi connectivity index (χ1v) is 8.72. The van der Waals surface area contributed by atoms with Crippen LogP contribution in [-0.4, -0.2) is 21.2 Å². The van der Waals surface area contributed by atoms with E-state index in [9.17, 15) is 8.42 Å². The molecule has 108 valence electrons. The van der Waals surface area contributed by atoms with E-state index < -0.39 is 10.0 Å². The third-order valence-electron chi connectivity index (χ3n) is 2.78. The van der Waals surface area contributed by atoms with Crippen LogP contribution < -0.4 is 10.0 Å². The van der Waals surface area contributed by atoms with Crippen molar-refractivity contribution in [1.82, 2.24) is 0 Å². The van der Waals surface area contributed by atoms with Crippen molar-refractivity contribution in [3.63, 3.8) is 0 Å². The molecule has 0 saturated heterocycles. The van der Waals surface area contributed by atoms with Gasteiger partial charge in [0.1, 0.15) is 0 Å². The van der Waals surface area contributed by atoms with Crippen LogP contribution in [0.4, 0.5) is 11.4 Å². The van der Waals surface area contributed by atoms with Gasteiger partial charge in [0.2, 0.25) is 10.0 Å². The Bertz CT molecular complexity index is 472. The van der Waals surface area contributed by atoms with Crippen molar-refractivity contribution in [2.75, 3.05) is 22.8 Å². The summed E-state index contributed by atoms with van der Waals surface area (Å²) in [5.74, 6) is 0. The van der Waals surface area contributed by atoms with Gasteiger partial charge in [-0.1, -0.05) is 38.7 Å². The summed E-state index contributed by atoms with van der Waals surface area (Å²) in [5.41, 5.74) is 1.54. The van der Waals surface area contributed by atoms with Crippen molar-refractivity contribution >= 4 is 21.4 Å². The van der Waals surface area contributed by atoms with Gasteiger partial charge in [0.15, 0.2) is 0 Å². The fraction of sp³-hybridized carbons (Fsp3) is 0.571. The molecule has 0 fully saturated rings. The van der Waals surface area contributed by atoms with Crippen molar-refractivity contribution in [3.8, 4) is 0 Å². The van der Waals surface area contributed by atoms with E-state index in [-0.39, 0.29) is 0 Å². The van der Waals surface area contributed by atoms with Gasteiger partial charge >= 0.3 is 0 Å². The summed E-state index contributed by atoms with van der Waals surface area (Å²) in [5, 5.41) is 3.31. The third-order valence-corrected chi connectivity index (χ3v) is 3.38. The van der Waals surface area contributed by atoms with Crippen molar-refractivity contribution in [1.29, 1.82) is 0 Å². The van der Waals surface area contributed by atoms with Crippen LogP contribution in [0.2, 0.25) is 0 Å². The highest BCUT2D eigenvalue weighted by atomic mass is 32.2. The fourth-order valence-corrected chi connectivity index (χ4v) is 2.42. The van der Waals surface area contributed by atoms with Gasteiger partial charge in [0.25, 0.3) is 0 Å². The summed E-state index contributed by atoms with van der Waals surface area (Å²) in [4.78, 5) is 0. The number of hydrogen-bond acceptors (Lipinski definition) is 3. The van der Waals surface area contributed by atoms with E-state index in [1.807, 2.05) is 18.2 Å². The number of nitrogens with one attached hydrogen (secondary N) is 2. The van der Waals surface area contributed by atoms with Gasteiger partial charge in [-0.05, 0) is 24.6 Å². The number of benzene rings is 1. The zero-order valence-corrected chi connectivity index (χ0v) is 12.6. The molecular formula is C14H24N2O2S. The second-order valence-corrected chi connectivity index (χ2v) is 6.54. The van der Waals surface area contributed by atoms with E-state index in [1.54, 1.807) is 6.07 Å². The lowest BCUT2D eigenvalue weighted by molar-refractivity contribution is 0.607. The zero-order chi connectivity index (χ0) is 14.1. The number of hydrogen-bond donors (Lipinski definition) is 2. The molecule has 19 heavy (non-hydrogen) atoms. The minimum absolute atomic E-state index is 0.596. The van der Waals surface area contributed by atoms with Crippen LogP contribution >= 0.6 is 0 Å². The van der Waals surface area contributed by atoms with Gasteiger partial charge in [-0.2, -0.15) is 0 Å². The molecule has 0 spiro atoms. The van der Waals surface area contributed by atoms with Crippen LogP contribution in [0, 0.1) is 0 Å². The highest BCUT2D eigenvalue weighted by Crippen LogP contribution is 2.16. The lowest BCUT2D eigenvalue weighted by Gasteiger charge is -2.09. The summed E-state index contributed by atoms with van der Waals surface area (Å²) in [7, 11) is -3.21.